The maximum atomic E-state index is 14.9. The topological polar surface area (TPSA) is 63.1 Å². The summed E-state index contributed by atoms with van der Waals surface area (Å²) in [4.78, 5) is 27.1. The zero-order valence-electron chi connectivity index (χ0n) is 19.2. The number of carbonyl (C=O) groups is 1. The molecule has 1 aromatic heterocycles. The normalized spacial score (nSPS) is 19.2. The number of hydrogen-bond donors (Lipinski definition) is 2. The molecule has 5 nitrogen and oxygen atoms in total. The van der Waals surface area contributed by atoms with Crippen LogP contribution in [0.5, 0.6) is 0 Å². The van der Waals surface area contributed by atoms with Gasteiger partial charge in [-0.2, -0.15) is 0 Å². The highest BCUT2D eigenvalue weighted by atomic mass is 19.1. The van der Waals surface area contributed by atoms with Gasteiger partial charge < -0.3 is 15.2 Å². The van der Waals surface area contributed by atoms with Crippen molar-refractivity contribution < 1.29 is 13.6 Å². The van der Waals surface area contributed by atoms with Crippen LogP contribution in [0.4, 0.5) is 8.78 Å². The lowest BCUT2D eigenvalue weighted by atomic mass is 9.77. The van der Waals surface area contributed by atoms with Crippen LogP contribution in [0.3, 0.4) is 0 Å². The van der Waals surface area contributed by atoms with Crippen LogP contribution in [0.1, 0.15) is 53.3 Å². The first-order chi connectivity index (χ1) is 16.4. The fourth-order valence-electron chi connectivity index (χ4n) is 5.36. The Balaban J connectivity index is 1.59. The van der Waals surface area contributed by atoms with Crippen molar-refractivity contribution in [2.75, 3.05) is 13.1 Å². The van der Waals surface area contributed by atoms with Gasteiger partial charge in [0.05, 0.1) is 17.0 Å². The summed E-state index contributed by atoms with van der Waals surface area (Å²) in [5.41, 5.74) is 1.14. The lowest BCUT2D eigenvalue weighted by molar-refractivity contribution is 0.0900. The third-order valence-corrected chi connectivity index (χ3v) is 7.45. The van der Waals surface area contributed by atoms with E-state index in [1.165, 1.54) is 24.3 Å². The van der Waals surface area contributed by atoms with E-state index in [4.69, 9.17) is 0 Å². The molecule has 1 amide bonds. The van der Waals surface area contributed by atoms with Crippen molar-refractivity contribution in [2.45, 2.75) is 45.2 Å². The van der Waals surface area contributed by atoms with Gasteiger partial charge in [-0.05, 0) is 74.9 Å². The molecule has 7 heteroatoms. The van der Waals surface area contributed by atoms with Crippen LogP contribution in [0, 0.1) is 30.4 Å². The van der Waals surface area contributed by atoms with Gasteiger partial charge in [-0.3, -0.25) is 9.59 Å². The number of nitrogens with one attached hydrogen (secondary N) is 2. The minimum absolute atomic E-state index is 0.0600. The predicted molar refractivity (Wildman–Crippen MR) is 128 cm³/mol. The van der Waals surface area contributed by atoms with Gasteiger partial charge in [-0.1, -0.05) is 30.7 Å². The van der Waals surface area contributed by atoms with Crippen LogP contribution < -0.4 is 16.2 Å². The summed E-state index contributed by atoms with van der Waals surface area (Å²) in [5.74, 6) is -0.891. The molecule has 2 fully saturated rings. The Kier molecular flexibility index (Phi) is 6.21. The van der Waals surface area contributed by atoms with E-state index in [0.717, 1.165) is 44.3 Å². The predicted octanol–water partition coefficient (Wildman–Crippen LogP) is 4.47. The quantitative estimate of drug-likeness (QED) is 0.565. The van der Waals surface area contributed by atoms with Crippen LogP contribution in [0.2, 0.25) is 0 Å². The van der Waals surface area contributed by atoms with Crippen LogP contribution in [-0.2, 0) is 6.54 Å². The van der Waals surface area contributed by atoms with Gasteiger partial charge in [0.15, 0.2) is 0 Å². The Morgan fingerprint density at radius 2 is 1.97 bits per heavy atom. The number of aromatic nitrogens is 1. The monoisotopic (exact) mass is 465 g/mol. The van der Waals surface area contributed by atoms with Crippen molar-refractivity contribution in [3.05, 3.63) is 81.3 Å². The highest BCUT2D eigenvalue weighted by molar-refractivity contribution is 6.08. The molecule has 2 atom stereocenters. The molecule has 0 spiro atoms. The van der Waals surface area contributed by atoms with Crippen molar-refractivity contribution in [1.29, 1.82) is 0 Å². The second-order valence-corrected chi connectivity index (χ2v) is 9.59. The lowest BCUT2D eigenvalue weighted by Gasteiger charge is -2.35. The summed E-state index contributed by atoms with van der Waals surface area (Å²) in [6, 6.07) is 10.4. The summed E-state index contributed by atoms with van der Waals surface area (Å²) < 4.78 is 30.4. The average molecular weight is 466 g/mol. The van der Waals surface area contributed by atoms with Gasteiger partial charge >= 0.3 is 0 Å². The van der Waals surface area contributed by atoms with Crippen molar-refractivity contribution in [3.63, 3.8) is 0 Å². The summed E-state index contributed by atoms with van der Waals surface area (Å²) in [5, 5.41) is 6.66. The van der Waals surface area contributed by atoms with E-state index in [9.17, 15) is 18.4 Å². The number of rotatable bonds is 6. The molecule has 0 bridgehead atoms. The minimum atomic E-state index is -0.629. The molecule has 2 aliphatic rings. The van der Waals surface area contributed by atoms with Gasteiger partial charge in [0, 0.05) is 17.6 Å². The fourth-order valence-corrected chi connectivity index (χ4v) is 5.36. The Bertz CT molecular complexity index is 1290. The fraction of sp³-hybridized carbons (Fsp3) is 0.407. The molecule has 5 rings (SSSR count). The molecule has 1 saturated heterocycles. The van der Waals surface area contributed by atoms with E-state index < -0.39 is 11.4 Å². The number of carbonyl (C=O) groups excluding carboxylic acids is 1. The van der Waals surface area contributed by atoms with Crippen molar-refractivity contribution in [3.8, 4) is 0 Å². The minimum Gasteiger partial charge on any atom is -0.345 e. The van der Waals surface area contributed by atoms with Gasteiger partial charge in [0.25, 0.3) is 11.5 Å². The second kappa shape index (κ2) is 9.29. The highest BCUT2D eigenvalue weighted by Crippen LogP contribution is 2.38. The van der Waals surface area contributed by atoms with E-state index in [1.807, 2.05) is 6.07 Å². The Morgan fingerprint density at radius 3 is 2.65 bits per heavy atom. The first kappa shape index (κ1) is 22.7. The second-order valence-electron chi connectivity index (χ2n) is 9.59. The summed E-state index contributed by atoms with van der Waals surface area (Å²) in [6.07, 6.45) is 3.89. The molecule has 3 aromatic rings. The molecule has 1 saturated carbocycles. The molecular formula is C27H29F2N3O2. The standard InChI is InChI=1S/C27H29F2N3O2/c1-16-23(26(33)31-25(18-5-2-6-18)19-7-3-8-20(28)13-19)21-9-4-10-22(29)24(21)27(34)32(16)15-17-11-12-30-14-17/h3-4,7-10,13,17-18,25,30H,2,5-6,11-12,14-15H2,1H3,(H,31,33)/t17-,25+/m1/s1. The van der Waals surface area contributed by atoms with Gasteiger partial charge in [0.2, 0.25) is 0 Å². The SMILES string of the molecule is Cc1c(C(=O)N[C@H](c2cccc(F)c2)C2CCC2)c2cccc(F)c2c(=O)n1C[C@@H]1CCNC1. The summed E-state index contributed by atoms with van der Waals surface area (Å²) in [6.45, 7) is 3.85. The average Bonchev–Trinajstić information content (AvgIpc) is 3.28. The maximum Gasteiger partial charge on any atom is 0.261 e. The molecule has 34 heavy (non-hydrogen) atoms. The summed E-state index contributed by atoms with van der Waals surface area (Å²) in [7, 11) is 0. The van der Waals surface area contributed by atoms with Gasteiger partial charge in [-0.25, -0.2) is 8.78 Å². The van der Waals surface area contributed by atoms with E-state index in [-0.39, 0.29) is 35.0 Å². The lowest BCUT2D eigenvalue weighted by Crippen LogP contribution is -2.38. The summed E-state index contributed by atoms with van der Waals surface area (Å²) >= 11 is 0. The maximum absolute atomic E-state index is 14.9. The zero-order valence-corrected chi connectivity index (χ0v) is 19.2. The Hall–Kier alpha value is -3.06. The van der Waals surface area contributed by atoms with Crippen LogP contribution >= 0.6 is 0 Å². The molecule has 2 aromatic carbocycles. The Labute approximate surface area is 197 Å². The number of hydrogen-bond acceptors (Lipinski definition) is 3. The van der Waals surface area contributed by atoms with E-state index >= 15 is 0 Å². The van der Waals surface area contributed by atoms with Gasteiger partial charge in [-0.15, -0.1) is 0 Å². The van der Waals surface area contributed by atoms with Crippen LogP contribution in [0.15, 0.2) is 47.3 Å². The number of amides is 1. The molecule has 178 valence electrons. The zero-order chi connectivity index (χ0) is 23.8. The molecule has 2 heterocycles. The highest BCUT2D eigenvalue weighted by Gasteiger charge is 2.32. The smallest absolute Gasteiger partial charge is 0.261 e. The number of benzene rings is 2. The van der Waals surface area contributed by atoms with E-state index in [2.05, 4.69) is 10.6 Å². The van der Waals surface area contributed by atoms with E-state index in [0.29, 0.717) is 23.2 Å². The van der Waals surface area contributed by atoms with Crippen molar-refractivity contribution >= 4 is 16.7 Å². The molecule has 1 aliphatic carbocycles. The molecule has 2 N–H and O–H groups in total. The number of pyridine rings is 1. The third-order valence-electron chi connectivity index (χ3n) is 7.45. The van der Waals surface area contributed by atoms with Crippen molar-refractivity contribution in [1.82, 2.24) is 15.2 Å². The molecule has 1 aliphatic heterocycles. The van der Waals surface area contributed by atoms with Crippen LogP contribution in [0.25, 0.3) is 10.8 Å². The number of halogens is 2. The third kappa shape index (κ3) is 4.13. The largest absolute Gasteiger partial charge is 0.345 e. The number of fused-ring (bicyclic) bond motifs is 1. The number of nitrogens with zero attached hydrogens (tertiary/aromatic N) is 1. The van der Waals surface area contributed by atoms with Gasteiger partial charge in [0.1, 0.15) is 11.6 Å². The first-order valence-corrected chi connectivity index (χ1v) is 12.0. The van der Waals surface area contributed by atoms with Crippen LogP contribution in [-0.4, -0.2) is 23.6 Å². The Morgan fingerprint density at radius 1 is 1.18 bits per heavy atom. The molecule has 0 unspecified atom stereocenters. The van der Waals surface area contributed by atoms with Crippen molar-refractivity contribution in [2.24, 2.45) is 11.8 Å². The van der Waals surface area contributed by atoms with E-state index in [1.54, 1.807) is 23.6 Å². The molecule has 0 radical (unpaired) electrons. The first-order valence-electron chi connectivity index (χ1n) is 12.0. The molecular weight excluding hydrogens is 436 g/mol.